The van der Waals surface area contributed by atoms with Gasteiger partial charge in [-0.3, -0.25) is 9.59 Å². The van der Waals surface area contributed by atoms with Crippen LogP contribution in [0.1, 0.15) is 39.2 Å². The van der Waals surface area contributed by atoms with Crippen molar-refractivity contribution in [3.05, 3.63) is 35.9 Å². The molecular weight excluding hydrogens is 316 g/mol. The second kappa shape index (κ2) is 8.99. The van der Waals surface area contributed by atoms with Crippen LogP contribution in [0.15, 0.2) is 30.3 Å². The van der Waals surface area contributed by atoms with Crippen molar-refractivity contribution in [2.24, 2.45) is 5.41 Å². The third kappa shape index (κ3) is 5.85. The quantitative estimate of drug-likeness (QED) is 0.825. The van der Waals surface area contributed by atoms with E-state index in [-0.39, 0.29) is 11.8 Å². The first kappa shape index (κ1) is 19.4. The first-order valence-corrected chi connectivity index (χ1v) is 9.11. The Hall–Kier alpha value is -1.88. The lowest BCUT2D eigenvalue weighted by atomic mass is 9.85. The van der Waals surface area contributed by atoms with Crippen LogP contribution >= 0.6 is 0 Å². The van der Waals surface area contributed by atoms with Crippen LogP contribution in [0.4, 0.5) is 0 Å². The Morgan fingerprint density at radius 3 is 2.48 bits per heavy atom. The number of hydrogen-bond donors (Lipinski definition) is 1. The van der Waals surface area contributed by atoms with Crippen molar-refractivity contribution < 1.29 is 14.3 Å². The third-order valence-corrected chi connectivity index (χ3v) is 4.77. The number of nitrogens with one attached hydrogen (secondary N) is 1. The maximum Gasteiger partial charge on any atom is 0.245 e. The van der Waals surface area contributed by atoms with Crippen LogP contribution in [0.25, 0.3) is 0 Å². The first-order valence-electron chi connectivity index (χ1n) is 9.11. The molecule has 1 atom stereocenters. The van der Waals surface area contributed by atoms with Gasteiger partial charge in [0.1, 0.15) is 6.04 Å². The summed E-state index contributed by atoms with van der Waals surface area (Å²) in [6.07, 6.45) is 2.68. The topological polar surface area (TPSA) is 58.6 Å². The number of morpholine rings is 1. The number of amides is 2. The minimum absolute atomic E-state index is 0.0308. The second-order valence-corrected chi connectivity index (χ2v) is 7.36. The molecule has 1 heterocycles. The molecule has 1 aliphatic heterocycles. The van der Waals surface area contributed by atoms with Gasteiger partial charge in [-0.05, 0) is 31.7 Å². The van der Waals surface area contributed by atoms with Gasteiger partial charge in [0.25, 0.3) is 0 Å². The number of ether oxygens (including phenoxy) is 1. The molecule has 1 aliphatic rings. The number of aryl methyl sites for hydroxylation is 1. The van der Waals surface area contributed by atoms with Crippen molar-refractivity contribution in [2.45, 2.75) is 46.1 Å². The number of hydrogen-bond acceptors (Lipinski definition) is 3. The standard InChI is InChI=1S/C20H30N2O3/c1-16(18(23)22-12-14-25-15-13-22)21-19(24)20(2,3)11-7-10-17-8-5-4-6-9-17/h4-6,8-9,16H,7,10-15H2,1-3H3,(H,21,24)/t16-/m0/s1. The van der Waals surface area contributed by atoms with Gasteiger partial charge in [-0.25, -0.2) is 0 Å². The normalized spacial score (nSPS) is 16.4. The molecule has 2 rings (SSSR count). The number of carbonyl (C=O) groups is 2. The second-order valence-electron chi connectivity index (χ2n) is 7.36. The smallest absolute Gasteiger partial charge is 0.245 e. The molecule has 1 aromatic rings. The lowest BCUT2D eigenvalue weighted by Gasteiger charge is -2.31. The number of benzene rings is 1. The summed E-state index contributed by atoms with van der Waals surface area (Å²) >= 11 is 0. The van der Waals surface area contributed by atoms with Crippen LogP contribution in [0.2, 0.25) is 0 Å². The van der Waals surface area contributed by atoms with Gasteiger partial charge in [-0.1, -0.05) is 44.2 Å². The fourth-order valence-electron chi connectivity index (χ4n) is 3.00. The Labute approximate surface area is 150 Å². The van der Waals surface area contributed by atoms with Crippen LogP contribution in [-0.2, 0) is 20.7 Å². The van der Waals surface area contributed by atoms with Crippen molar-refractivity contribution in [1.29, 1.82) is 0 Å². The monoisotopic (exact) mass is 346 g/mol. The van der Waals surface area contributed by atoms with Crippen molar-refractivity contribution >= 4 is 11.8 Å². The van der Waals surface area contributed by atoms with Gasteiger partial charge < -0.3 is 15.0 Å². The van der Waals surface area contributed by atoms with Crippen LogP contribution in [0.5, 0.6) is 0 Å². The van der Waals surface area contributed by atoms with Crippen molar-refractivity contribution in [3.8, 4) is 0 Å². The maximum atomic E-state index is 12.6. The van der Waals surface area contributed by atoms with Crippen molar-refractivity contribution in [2.75, 3.05) is 26.3 Å². The molecule has 0 bridgehead atoms. The highest BCUT2D eigenvalue weighted by Gasteiger charge is 2.31. The molecule has 2 amide bonds. The molecule has 1 saturated heterocycles. The highest BCUT2D eigenvalue weighted by Crippen LogP contribution is 2.24. The predicted molar refractivity (Wildman–Crippen MR) is 98.2 cm³/mol. The molecule has 25 heavy (non-hydrogen) atoms. The molecule has 0 aromatic heterocycles. The summed E-state index contributed by atoms with van der Waals surface area (Å²) in [4.78, 5) is 26.8. The summed E-state index contributed by atoms with van der Waals surface area (Å²) in [5.74, 6) is -0.0913. The molecule has 0 unspecified atom stereocenters. The van der Waals surface area contributed by atoms with Crippen molar-refractivity contribution in [3.63, 3.8) is 0 Å². The zero-order chi connectivity index (χ0) is 18.3. The lowest BCUT2D eigenvalue weighted by molar-refractivity contribution is -0.141. The average Bonchev–Trinajstić information content (AvgIpc) is 2.62. The molecule has 1 N–H and O–H groups in total. The first-order chi connectivity index (χ1) is 11.9. The Morgan fingerprint density at radius 1 is 1.20 bits per heavy atom. The van der Waals surface area contributed by atoms with Crippen LogP contribution in [-0.4, -0.2) is 49.1 Å². The van der Waals surface area contributed by atoms with E-state index < -0.39 is 11.5 Å². The summed E-state index contributed by atoms with van der Waals surface area (Å²) in [6, 6.07) is 9.79. The van der Waals surface area contributed by atoms with Gasteiger partial charge in [0.15, 0.2) is 0 Å². The summed E-state index contributed by atoms with van der Waals surface area (Å²) < 4.78 is 5.26. The number of nitrogens with zero attached hydrogens (tertiary/aromatic N) is 1. The van der Waals surface area contributed by atoms with E-state index in [2.05, 4.69) is 17.4 Å². The van der Waals surface area contributed by atoms with Gasteiger partial charge in [0.2, 0.25) is 11.8 Å². The van der Waals surface area contributed by atoms with Crippen molar-refractivity contribution in [1.82, 2.24) is 10.2 Å². The van der Waals surface area contributed by atoms with Gasteiger partial charge in [-0.2, -0.15) is 0 Å². The molecule has 138 valence electrons. The van der Waals surface area contributed by atoms with Gasteiger partial charge in [0.05, 0.1) is 13.2 Å². The van der Waals surface area contributed by atoms with Gasteiger partial charge in [-0.15, -0.1) is 0 Å². The van der Waals surface area contributed by atoms with E-state index in [1.165, 1.54) is 5.56 Å². The minimum atomic E-state index is -0.501. The number of carbonyl (C=O) groups excluding carboxylic acids is 2. The molecule has 1 aromatic carbocycles. The average molecular weight is 346 g/mol. The van der Waals surface area contributed by atoms with E-state index in [0.717, 1.165) is 19.3 Å². The molecule has 5 heteroatoms. The fraction of sp³-hybridized carbons (Fsp3) is 0.600. The molecule has 1 fully saturated rings. The molecule has 0 aliphatic carbocycles. The molecule has 0 spiro atoms. The summed E-state index contributed by atoms with van der Waals surface area (Å²) in [5, 5.41) is 2.89. The Morgan fingerprint density at radius 2 is 1.84 bits per heavy atom. The van der Waals surface area contributed by atoms with E-state index >= 15 is 0 Å². The van der Waals surface area contributed by atoms with Gasteiger partial charge >= 0.3 is 0 Å². The predicted octanol–water partition coefficient (Wildman–Crippen LogP) is 2.40. The molecular formula is C20H30N2O3. The van der Waals surface area contributed by atoms with Crippen LogP contribution in [0.3, 0.4) is 0 Å². The Balaban J connectivity index is 1.79. The van der Waals surface area contributed by atoms with E-state index in [1.54, 1.807) is 11.8 Å². The zero-order valence-electron chi connectivity index (χ0n) is 15.6. The van der Waals surface area contributed by atoms with Crippen LogP contribution in [0, 0.1) is 5.41 Å². The number of rotatable bonds is 7. The largest absolute Gasteiger partial charge is 0.378 e. The Bertz CT molecular complexity index is 566. The highest BCUT2D eigenvalue weighted by atomic mass is 16.5. The van der Waals surface area contributed by atoms with E-state index in [0.29, 0.717) is 26.3 Å². The summed E-state index contributed by atoms with van der Waals surface area (Å²) in [5.41, 5.74) is 0.795. The molecule has 0 saturated carbocycles. The van der Waals surface area contributed by atoms with E-state index in [4.69, 9.17) is 4.74 Å². The third-order valence-electron chi connectivity index (χ3n) is 4.77. The fourth-order valence-corrected chi connectivity index (χ4v) is 3.00. The van der Waals surface area contributed by atoms with E-state index in [1.807, 2.05) is 32.0 Å². The minimum Gasteiger partial charge on any atom is -0.378 e. The molecule has 0 radical (unpaired) electrons. The molecule has 5 nitrogen and oxygen atoms in total. The zero-order valence-corrected chi connectivity index (χ0v) is 15.6. The van der Waals surface area contributed by atoms with Crippen LogP contribution < -0.4 is 5.32 Å². The summed E-state index contributed by atoms with van der Waals surface area (Å²) in [6.45, 7) is 7.97. The summed E-state index contributed by atoms with van der Waals surface area (Å²) in [7, 11) is 0. The highest BCUT2D eigenvalue weighted by molar-refractivity contribution is 5.89. The SMILES string of the molecule is C[C@H](NC(=O)C(C)(C)CCCc1ccccc1)C(=O)N1CCOCC1. The Kier molecular flexibility index (Phi) is 7.00. The maximum absolute atomic E-state index is 12.6. The van der Waals surface area contributed by atoms with E-state index in [9.17, 15) is 9.59 Å². The lowest BCUT2D eigenvalue weighted by Crippen LogP contribution is -2.52. The van der Waals surface area contributed by atoms with Gasteiger partial charge in [0, 0.05) is 18.5 Å².